The lowest BCUT2D eigenvalue weighted by atomic mass is 10.1. The van der Waals surface area contributed by atoms with Gasteiger partial charge in [0.2, 0.25) is 5.91 Å². The van der Waals surface area contributed by atoms with Crippen molar-refractivity contribution in [1.29, 1.82) is 0 Å². The fourth-order valence-corrected chi connectivity index (χ4v) is 2.74. The second-order valence-corrected chi connectivity index (χ2v) is 9.51. The molecule has 7 nitrogen and oxygen atoms in total. The lowest BCUT2D eigenvalue weighted by molar-refractivity contribution is -0.148. The number of esters is 1. The van der Waals surface area contributed by atoms with E-state index in [-0.39, 0.29) is 12.3 Å². The molecule has 2 aromatic carbocycles. The second-order valence-electron chi connectivity index (χ2n) is 9.51. The number of rotatable bonds is 6. The Morgan fingerprint density at radius 2 is 1.33 bits per heavy atom. The van der Waals surface area contributed by atoms with E-state index in [0.717, 1.165) is 11.1 Å². The van der Waals surface area contributed by atoms with Crippen LogP contribution in [0.5, 0.6) is 0 Å². The van der Waals surface area contributed by atoms with E-state index in [2.05, 4.69) is 10.6 Å². The van der Waals surface area contributed by atoms with Crippen LogP contribution in [0.15, 0.2) is 54.6 Å². The summed E-state index contributed by atoms with van der Waals surface area (Å²) in [5.74, 6) is -0.643. The summed E-state index contributed by atoms with van der Waals surface area (Å²) in [5.41, 5.74) is 1.38. The highest BCUT2D eigenvalue weighted by Gasteiger charge is 2.18. The lowest BCUT2D eigenvalue weighted by Gasteiger charge is -2.20. The molecule has 0 aromatic heterocycles. The first-order valence-electron chi connectivity index (χ1n) is 10.7. The molecule has 2 N–H and O–H groups in total. The highest BCUT2D eigenvalue weighted by atomic mass is 16.6. The Kier molecular flexibility index (Phi) is 8.40. The maximum absolute atomic E-state index is 12.6. The zero-order valence-electron chi connectivity index (χ0n) is 20.0. The Hall–Kier alpha value is -3.61. The van der Waals surface area contributed by atoms with E-state index < -0.39 is 23.3 Å². The third-order valence-corrected chi connectivity index (χ3v) is 4.00. The van der Waals surface area contributed by atoms with Crippen LogP contribution in [0.1, 0.15) is 52.7 Å². The molecule has 0 aliphatic heterocycles. The molecule has 0 spiro atoms. The van der Waals surface area contributed by atoms with E-state index in [1.165, 1.54) is 6.08 Å². The Bertz CT molecular complexity index is 1010. The molecule has 0 radical (unpaired) electrons. The molecular weight excluding hydrogens is 420 g/mol. The molecule has 2 amide bonds. The predicted octanol–water partition coefficient (Wildman–Crippen LogP) is 5.57. The zero-order valence-corrected chi connectivity index (χ0v) is 20.0. The van der Waals surface area contributed by atoms with Crippen molar-refractivity contribution in [3.63, 3.8) is 0 Å². The summed E-state index contributed by atoms with van der Waals surface area (Å²) in [6, 6.07) is 14.2. The third kappa shape index (κ3) is 10.0. The van der Waals surface area contributed by atoms with Crippen LogP contribution in [0.3, 0.4) is 0 Å². The maximum atomic E-state index is 12.6. The van der Waals surface area contributed by atoms with E-state index in [1.807, 2.05) is 45.0 Å². The van der Waals surface area contributed by atoms with Crippen LogP contribution in [0.2, 0.25) is 0 Å². The number of hydrogen-bond acceptors (Lipinski definition) is 5. The van der Waals surface area contributed by atoms with Gasteiger partial charge in [0.1, 0.15) is 11.2 Å². The molecule has 0 heterocycles. The number of anilines is 2. The van der Waals surface area contributed by atoms with Crippen LogP contribution in [-0.4, -0.2) is 29.2 Å². The van der Waals surface area contributed by atoms with Gasteiger partial charge in [-0.3, -0.25) is 10.1 Å². The summed E-state index contributed by atoms with van der Waals surface area (Å²) in [6.07, 6.45) is 2.59. The largest absolute Gasteiger partial charge is 0.457 e. The van der Waals surface area contributed by atoms with Gasteiger partial charge in [-0.2, -0.15) is 0 Å². The van der Waals surface area contributed by atoms with Crippen LogP contribution in [-0.2, 0) is 25.5 Å². The quantitative estimate of drug-likeness (QED) is 0.441. The SMILES string of the molecule is CC(C)(C)OC(=O)/C=C/c1ccc(CC(=O)Nc2ccccc2NC(=O)OC(C)(C)C)cc1. The summed E-state index contributed by atoms with van der Waals surface area (Å²) in [6.45, 7) is 10.8. The number of hydrogen-bond donors (Lipinski definition) is 2. The van der Waals surface area contributed by atoms with Gasteiger partial charge in [-0.15, -0.1) is 0 Å². The minimum absolute atomic E-state index is 0.150. The molecule has 0 saturated carbocycles. The Morgan fingerprint density at radius 1 is 0.788 bits per heavy atom. The summed E-state index contributed by atoms with van der Waals surface area (Å²) in [7, 11) is 0. The number of benzene rings is 2. The van der Waals surface area contributed by atoms with Gasteiger partial charge in [0.15, 0.2) is 0 Å². The van der Waals surface area contributed by atoms with E-state index in [1.54, 1.807) is 51.1 Å². The Morgan fingerprint density at radius 3 is 1.88 bits per heavy atom. The molecule has 0 aliphatic rings. The molecule has 0 bridgehead atoms. The highest BCUT2D eigenvalue weighted by molar-refractivity contribution is 5.98. The summed E-state index contributed by atoms with van der Waals surface area (Å²) >= 11 is 0. The van der Waals surface area contributed by atoms with Crippen molar-refractivity contribution in [2.24, 2.45) is 0 Å². The predicted molar refractivity (Wildman–Crippen MR) is 130 cm³/mol. The number of ether oxygens (including phenoxy) is 2. The van der Waals surface area contributed by atoms with Gasteiger partial charge in [-0.05, 0) is 70.9 Å². The summed E-state index contributed by atoms with van der Waals surface area (Å²) in [4.78, 5) is 36.4. The number of carbonyl (C=O) groups is 3. The fraction of sp³-hybridized carbons (Fsp3) is 0.346. The van der Waals surface area contributed by atoms with Gasteiger partial charge in [0.25, 0.3) is 0 Å². The van der Waals surface area contributed by atoms with Crippen molar-refractivity contribution < 1.29 is 23.9 Å². The molecule has 0 aliphatic carbocycles. The number of amides is 2. The minimum atomic E-state index is -0.628. The van der Waals surface area contributed by atoms with Crippen molar-refractivity contribution in [3.05, 3.63) is 65.7 Å². The second kappa shape index (κ2) is 10.8. The fourth-order valence-electron chi connectivity index (χ4n) is 2.74. The number of carbonyl (C=O) groups excluding carboxylic acids is 3. The molecule has 0 unspecified atom stereocenters. The Labute approximate surface area is 195 Å². The van der Waals surface area contributed by atoms with E-state index in [9.17, 15) is 14.4 Å². The van der Waals surface area contributed by atoms with Gasteiger partial charge in [0, 0.05) is 6.08 Å². The van der Waals surface area contributed by atoms with Crippen LogP contribution >= 0.6 is 0 Å². The van der Waals surface area contributed by atoms with Gasteiger partial charge in [-0.1, -0.05) is 36.4 Å². The van der Waals surface area contributed by atoms with Crippen LogP contribution < -0.4 is 10.6 Å². The molecule has 0 saturated heterocycles. The van der Waals surface area contributed by atoms with Crippen molar-refractivity contribution >= 4 is 35.4 Å². The number of para-hydroxylation sites is 2. The average Bonchev–Trinajstić information content (AvgIpc) is 2.66. The molecule has 176 valence electrons. The first-order chi connectivity index (χ1) is 15.3. The summed E-state index contributed by atoms with van der Waals surface area (Å²) in [5, 5.41) is 5.48. The van der Waals surface area contributed by atoms with Crippen LogP contribution in [0.25, 0.3) is 6.08 Å². The van der Waals surface area contributed by atoms with Crippen molar-refractivity contribution in [2.75, 3.05) is 10.6 Å². The maximum Gasteiger partial charge on any atom is 0.412 e. The smallest absolute Gasteiger partial charge is 0.412 e. The normalized spacial score (nSPS) is 11.7. The monoisotopic (exact) mass is 452 g/mol. The van der Waals surface area contributed by atoms with Gasteiger partial charge >= 0.3 is 12.1 Å². The van der Waals surface area contributed by atoms with Gasteiger partial charge < -0.3 is 14.8 Å². The van der Waals surface area contributed by atoms with Crippen molar-refractivity contribution in [1.82, 2.24) is 0 Å². The average molecular weight is 453 g/mol. The first kappa shape index (κ1) is 25.6. The molecule has 0 atom stereocenters. The minimum Gasteiger partial charge on any atom is -0.457 e. The van der Waals surface area contributed by atoms with Crippen LogP contribution in [0, 0.1) is 0 Å². The topological polar surface area (TPSA) is 93.7 Å². The van der Waals surface area contributed by atoms with Crippen molar-refractivity contribution in [3.8, 4) is 0 Å². The molecule has 2 aromatic rings. The molecule has 2 rings (SSSR count). The molecule has 33 heavy (non-hydrogen) atoms. The number of nitrogens with one attached hydrogen (secondary N) is 2. The highest BCUT2D eigenvalue weighted by Crippen LogP contribution is 2.22. The summed E-state index contributed by atoms with van der Waals surface area (Å²) < 4.78 is 10.5. The zero-order chi connectivity index (χ0) is 24.6. The van der Waals surface area contributed by atoms with E-state index >= 15 is 0 Å². The van der Waals surface area contributed by atoms with E-state index in [0.29, 0.717) is 11.4 Å². The molecule has 0 fully saturated rings. The first-order valence-corrected chi connectivity index (χ1v) is 10.7. The van der Waals surface area contributed by atoms with Gasteiger partial charge in [0.05, 0.1) is 17.8 Å². The van der Waals surface area contributed by atoms with Crippen LogP contribution in [0.4, 0.5) is 16.2 Å². The van der Waals surface area contributed by atoms with Crippen molar-refractivity contribution in [2.45, 2.75) is 59.2 Å². The third-order valence-electron chi connectivity index (χ3n) is 4.00. The lowest BCUT2D eigenvalue weighted by Crippen LogP contribution is -2.27. The Balaban J connectivity index is 1.96. The molecule has 7 heteroatoms. The van der Waals surface area contributed by atoms with Gasteiger partial charge in [-0.25, -0.2) is 9.59 Å². The van der Waals surface area contributed by atoms with E-state index in [4.69, 9.17) is 9.47 Å². The molecular formula is C26H32N2O5. The standard InChI is InChI=1S/C26H32N2O5/c1-25(2,3)32-23(30)16-15-18-11-13-19(14-12-18)17-22(29)27-20-9-7-8-10-21(20)28-24(31)33-26(4,5)6/h7-16H,17H2,1-6H3,(H,27,29)(H,28,31)/b16-15+.